The number of aliphatic hydroxyl groups is 4. The van der Waals surface area contributed by atoms with Crippen LogP contribution in [0.5, 0.6) is 28.7 Å². The molecule has 178 valence electrons. The molecule has 12 nitrogen and oxygen atoms in total. The number of hydrogen-bond acceptors (Lipinski definition) is 12. The summed E-state index contributed by atoms with van der Waals surface area (Å²) in [6.07, 6.45) is -11.2. The van der Waals surface area contributed by atoms with E-state index in [2.05, 4.69) is 0 Å². The number of ether oxygens (including phenoxy) is 3. The zero-order valence-electron chi connectivity index (χ0n) is 16.8. The van der Waals surface area contributed by atoms with Gasteiger partial charge >= 0.3 is 0 Å². The molecular formula is C21H22O12. The van der Waals surface area contributed by atoms with Gasteiger partial charge in [-0.2, -0.15) is 0 Å². The molecule has 8 N–H and O–H groups in total. The number of phenols is 4. The molecule has 0 spiro atoms. The molecule has 1 saturated heterocycles. The van der Waals surface area contributed by atoms with E-state index in [-0.39, 0.29) is 22.6 Å². The number of Topliss-reactive ketones (excluding diaryl/α,β-unsaturated/α-hetero) is 1. The first-order chi connectivity index (χ1) is 15.6. The zero-order chi connectivity index (χ0) is 24.0. The fourth-order valence-corrected chi connectivity index (χ4v) is 3.82. The van der Waals surface area contributed by atoms with Crippen LogP contribution in [0.1, 0.15) is 22.0 Å². The molecule has 4 rings (SSSR count). The molecular weight excluding hydrogens is 444 g/mol. The Kier molecular flexibility index (Phi) is 6.05. The van der Waals surface area contributed by atoms with Crippen LogP contribution in [0.4, 0.5) is 0 Å². The van der Waals surface area contributed by atoms with Gasteiger partial charge in [0.1, 0.15) is 47.2 Å². The average molecular weight is 466 g/mol. The van der Waals surface area contributed by atoms with E-state index in [1.807, 2.05) is 0 Å². The number of aliphatic hydroxyl groups excluding tert-OH is 4. The van der Waals surface area contributed by atoms with Crippen LogP contribution in [-0.2, 0) is 9.47 Å². The molecule has 2 aliphatic rings. The first-order valence-corrected chi connectivity index (χ1v) is 9.87. The molecule has 0 aliphatic carbocycles. The minimum Gasteiger partial charge on any atom is -0.508 e. The molecule has 2 aliphatic heterocycles. The number of benzene rings is 2. The normalized spacial score (nSPS) is 31.6. The van der Waals surface area contributed by atoms with Crippen molar-refractivity contribution in [1.29, 1.82) is 0 Å². The summed E-state index contributed by atoms with van der Waals surface area (Å²) in [6.45, 7) is -0.724. The van der Waals surface area contributed by atoms with Crippen molar-refractivity contribution in [3.05, 3.63) is 41.5 Å². The fraction of sp³-hybridized carbons (Fsp3) is 0.381. The van der Waals surface area contributed by atoms with Gasteiger partial charge in [-0.3, -0.25) is 4.79 Å². The molecule has 2 aromatic rings. The van der Waals surface area contributed by atoms with Crippen LogP contribution in [0.15, 0.2) is 30.3 Å². The van der Waals surface area contributed by atoms with Gasteiger partial charge in [0.25, 0.3) is 0 Å². The first-order valence-electron chi connectivity index (χ1n) is 9.87. The summed E-state index contributed by atoms with van der Waals surface area (Å²) in [6, 6.07) is 5.57. The van der Waals surface area contributed by atoms with Gasteiger partial charge in [0.2, 0.25) is 5.78 Å². The fourth-order valence-electron chi connectivity index (χ4n) is 3.82. The van der Waals surface area contributed by atoms with Gasteiger partial charge < -0.3 is 55.1 Å². The highest BCUT2D eigenvalue weighted by molar-refractivity contribution is 6.05. The molecule has 0 unspecified atom stereocenters. The SMILES string of the molecule is O=C1c2c(O)cc(O)cc2O[C@@H](c2ccc(O)c(O)c2)[C@@H]1O[C@H]1O[C@H](CO)[C@H](O)[C@@H](O)[C@H]1O. The van der Waals surface area contributed by atoms with Crippen molar-refractivity contribution in [1.82, 2.24) is 0 Å². The third-order valence-corrected chi connectivity index (χ3v) is 5.56. The maximum Gasteiger partial charge on any atom is 0.203 e. The summed E-state index contributed by atoms with van der Waals surface area (Å²) in [7, 11) is 0. The van der Waals surface area contributed by atoms with Crippen LogP contribution < -0.4 is 4.74 Å². The Bertz CT molecular complexity index is 1050. The van der Waals surface area contributed by atoms with Crippen molar-refractivity contribution in [2.24, 2.45) is 0 Å². The number of ketones is 1. The number of carbonyl (C=O) groups is 1. The highest BCUT2D eigenvalue weighted by atomic mass is 16.7. The molecule has 0 amide bonds. The van der Waals surface area contributed by atoms with Gasteiger partial charge in [-0.25, -0.2) is 0 Å². The molecule has 0 bridgehead atoms. The number of hydrogen-bond donors (Lipinski definition) is 8. The van der Waals surface area contributed by atoms with Crippen molar-refractivity contribution in [3.8, 4) is 28.7 Å². The monoisotopic (exact) mass is 466 g/mol. The largest absolute Gasteiger partial charge is 0.508 e. The molecule has 0 saturated carbocycles. The lowest BCUT2D eigenvalue weighted by Gasteiger charge is -2.42. The van der Waals surface area contributed by atoms with Crippen LogP contribution >= 0.6 is 0 Å². The smallest absolute Gasteiger partial charge is 0.203 e. The lowest BCUT2D eigenvalue weighted by molar-refractivity contribution is -0.311. The van der Waals surface area contributed by atoms with Crippen LogP contribution in [0.25, 0.3) is 0 Å². The average Bonchev–Trinajstić information content (AvgIpc) is 2.76. The number of fused-ring (bicyclic) bond motifs is 1. The lowest BCUT2D eigenvalue weighted by atomic mass is 9.92. The number of phenolic OH excluding ortho intramolecular Hbond substituents is 4. The summed E-state index contributed by atoms with van der Waals surface area (Å²) in [5.41, 5.74) is -0.191. The van der Waals surface area contributed by atoms with Crippen molar-refractivity contribution >= 4 is 5.78 Å². The van der Waals surface area contributed by atoms with E-state index >= 15 is 0 Å². The van der Waals surface area contributed by atoms with E-state index in [4.69, 9.17) is 14.2 Å². The van der Waals surface area contributed by atoms with Crippen LogP contribution in [0.3, 0.4) is 0 Å². The lowest BCUT2D eigenvalue weighted by Crippen LogP contribution is -2.60. The Morgan fingerprint density at radius 2 is 1.61 bits per heavy atom. The zero-order valence-corrected chi connectivity index (χ0v) is 16.8. The van der Waals surface area contributed by atoms with Gasteiger partial charge in [0, 0.05) is 12.1 Å². The van der Waals surface area contributed by atoms with E-state index < -0.39 is 72.6 Å². The molecule has 0 aromatic heterocycles. The minimum absolute atomic E-state index is 0.140. The van der Waals surface area contributed by atoms with Crippen LogP contribution in [0, 0.1) is 0 Å². The second-order valence-corrected chi connectivity index (χ2v) is 7.74. The van der Waals surface area contributed by atoms with Crippen LogP contribution in [-0.4, -0.2) is 90.1 Å². The van der Waals surface area contributed by atoms with E-state index in [1.165, 1.54) is 6.07 Å². The second-order valence-electron chi connectivity index (χ2n) is 7.74. The Morgan fingerprint density at radius 3 is 2.27 bits per heavy atom. The van der Waals surface area contributed by atoms with Gasteiger partial charge in [-0.1, -0.05) is 6.07 Å². The maximum atomic E-state index is 13.3. The number of aromatic hydroxyl groups is 4. The maximum absolute atomic E-state index is 13.3. The quantitative estimate of drug-likeness (QED) is 0.256. The summed E-state index contributed by atoms with van der Waals surface area (Å²) in [5.74, 6) is -3.00. The van der Waals surface area contributed by atoms with Gasteiger partial charge in [0.05, 0.1) is 6.61 Å². The molecule has 12 heteroatoms. The molecule has 0 radical (unpaired) electrons. The van der Waals surface area contributed by atoms with E-state index in [0.717, 1.165) is 24.3 Å². The van der Waals surface area contributed by atoms with E-state index in [9.17, 15) is 45.6 Å². The highest BCUT2D eigenvalue weighted by Crippen LogP contribution is 2.44. The topological polar surface area (TPSA) is 207 Å². The van der Waals surface area contributed by atoms with Gasteiger partial charge in [-0.05, 0) is 17.7 Å². The number of rotatable bonds is 4. The van der Waals surface area contributed by atoms with Gasteiger partial charge in [0.15, 0.2) is 30.0 Å². The van der Waals surface area contributed by atoms with Crippen molar-refractivity contribution in [3.63, 3.8) is 0 Å². The molecule has 2 heterocycles. The standard InChI is InChI=1S/C21H22O12/c22-6-13-15(27)17(29)18(30)21(32-13)33-20-16(28)14-11(26)4-8(23)5-12(14)31-19(20)7-1-2-9(24)10(25)3-7/h1-5,13,15,17-27,29-30H,6H2/t13-,15+,17-,18-,19+,20-,21-/m1/s1. The van der Waals surface area contributed by atoms with Crippen LogP contribution in [0.2, 0.25) is 0 Å². The summed E-state index contributed by atoms with van der Waals surface area (Å²) in [5, 5.41) is 79.2. The Balaban J connectivity index is 1.75. The predicted octanol–water partition coefficient (Wildman–Crippen LogP) is -0.990. The minimum atomic E-state index is -1.82. The summed E-state index contributed by atoms with van der Waals surface area (Å²) >= 11 is 0. The molecule has 1 fully saturated rings. The van der Waals surface area contributed by atoms with Crippen molar-refractivity contribution in [2.75, 3.05) is 6.61 Å². The Labute approximate surface area is 186 Å². The summed E-state index contributed by atoms with van der Waals surface area (Å²) < 4.78 is 16.7. The number of carbonyl (C=O) groups excluding carboxylic acids is 1. The predicted molar refractivity (Wildman–Crippen MR) is 106 cm³/mol. The molecule has 7 atom stereocenters. The molecule has 2 aromatic carbocycles. The van der Waals surface area contributed by atoms with E-state index in [1.54, 1.807) is 0 Å². The third kappa shape index (κ3) is 4.04. The Hall–Kier alpha value is -3.13. The van der Waals surface area contributed by atoms with Crippen molar-refractivity contribution < 1.29 is 59.9 Å². The second kappa shape index (κ2) is 8.67. The van der Waals surface area contributed by atoms with Gasteiger partial charge in [-0.15, -0.1) is 0 Å². The van der Waals surface area contributed by atoms with Crippen molar-refractivity contribution in [2.45, 2.75) is 42.9 Å². The van der Waals surface area contributed by atoms with E-state index in [0.29, 0.717) is 0 Å². The first kappa shape index (κ1) is 23.0. The third-order valence-electron chi connectivity index (χ3n) is 5.56. The highest BCUT2D eigenvalue weighted by Gasteiger charge is 2.49. The Morgan fingerprint density at radius 1 is 0.879 bits per heavy atom. The molecule has 33 heavy (non-hydrogen) atoms. The summed E-state index contributed by atoms with van der Waals surface area (Å²) in [4.78, 5) is 13.3.